The molecule has 0 aliphatic carbocycles. The van der Waals surface area contributed by atoms with Crippen molar-refractivity contribution in [3.8, 4) is 0 Å². The molecule has 0 bridgehead atoms. The summed E-state index contributed by atoms with van der Waals surface area (Å²) in [7, 11) is -1.47. The Labute approximate surface area is 170 Å². The monoisotopic (exact) mass is 416 g/mol. The fourth-order valence-corrected chi connectivity index (χ4v) is 4.20. The van der Waals surface area contributed by atoms with E-state index in [1.54, 1.807) is 12.1 Å². The van der Waals surface area contributed by atoms with Crippen LogP contribution in [-0.2, 0) is 22.3 Å². The minimum absolute atomic E-state index is 0.0156. The van der Waals surface area contributed by atoms with Crippen LogP contribution in [0.2, 0.25) is 5.02 Å². The molecule has 146 valence electrons. The van der Waals surface area contributed by atoms with Gasteiger partial charge in [-0.25, -0.2) is 9.35 Å². The van der Waals surface area contributed by atoms with E-state index < -0.39 is 11.0 Å². The van der Waals surface area contributed by atoms with Gasteiger partial charge in [0, 0.05) is 41.6 Å². The first-order valence-corrected chi connectivity index (χ1v) is 10.6. The maximum atomic E-state index is 12.5. The number of nitrogens with two attached hydrogens (primary N) is 1. The van der Waals surface area contributed by atoms with E-state index in [2.05, 4.69) is 10.2 Å². The number of benzene rings is 2. The van der Waals surface area contributed by atoms with Crippen molar-refractivity contribution in [3.63, 3.8) is 0 Å². The van der Waals surface area contributed by atoms with Crippen molar-refractivity contribution in [2.45, 2.75) is 23.9 Å². The number of carbonyl (C=O) groups excluding carboxylic acids is 1. The quantitative estimate of drug-likeness (QED) is 0.671. The summed E-state index contributed by atoms with van der Waals surface area (Å²) in [6.45, 7) is 1.87. The van der Waals surface area contributed by atoms with Gasteiger partial charge in [-0.2, -0.15) is 0 Å². The molecule has 28 heavy (non-hydrogen) atoms. The molecule has 6 nitrogen and oxygen atoms in total. The topological polar surface area (TPSA) is 80.4 Å². The summed E-state index contributed by atoms with van der Waals surface area (Å²) in [5.74, 6) is -0.0156. The van der Waals surface area contributed by atoms with Crippen molar-refractivity contribution in [3.05, 3.63) is 59.8 Å². The lowest BCUT2D eigenvalue weighted by Crippen LogP contribution is -2.38. The Morgan fingerprint density at radius 3 is 2.75 bits per heavy atom. The van der Waals surface area contributed by atoms with Crippen molar-refractivity contribution in [1.29, 1.82) is 0 Å². The van der Waals surface area contributed by atoms with Crippen LogP contribution < -0.4 is 15.4 Å². The van der Waals surface area contributed by atoms with E-state index in [0.29, 0.717) is 9.92 Å². The molecular formula is C20H21ClN4O2S. The molecule has 4 rings (SSSR count). The average molecular weight is 417 g/mol. The van der Waals surface area contributed by atoms with Crippen molar-refractivity contribution < 1.29 is 9.00 Å². The first-order chi connectivity index (χ1) is 13.5. The van der Waals surface area contributed by atoms with Crippen molar-refractivity contribution in [2.75, 3.05) is 18.0 Å². The Bertz CT molecular complexity index is 1030. The van der Waals surface area contributed by atoms with Gasteiger partial charge in [0.1, 0.15) is 17.5 Å². The van der Waals surface area contributed by atoms with E-state index in [9.17, 15) is 9.00 Å². The Morgan fingerprint density at radius 1 is 1.21 bits per heavy atom. The van der Waals surface area contributed by atoms with Gasteiger partial charge in [-0.3, -0.25) is 4.79 Å². The van der Waals surface area contributed by atoms with Crippen LogP contribution in [-0.4, -0.2) is 33.8 Å². The van der Waals surface area contributed by atoms with Crippen LogP contribution in [0.4, 0.5) is 5.69 Å². The second-order valence-corrected chi connectivity index (χ2v) is 8.44. The van der Waals surface area contributed by atoms with Crippen LogP contribution in [0.5, 0.6) is 0 Å². The van der Waals surface area contributed by atoms with Crippen LogP contribution >= 0.6 is 11.6 Å². The highest BCUT2D eigenvalue weighted by molar-refractivity contribution is 7.82. The Balaban J connectivity index is 1.36. The minimum atomic E-state index is -1.47. The van der Waals surface area contributed by atoms with E-state index >= 15 is 0 Å². The second-order valence-electron chi connectivity index (χ2n) is 6.94. The molecule has 3 aromatic rings. The summed E-state index contributed by atoms with van der Waals surface area (Å²) in [4.78, 5) is 15.3. The van der Waals surface area contributed by atoms with Crippen LogP contribution in [0.1, 0.15) is 6.42 Å². The zero-order valence-corrected chi connectivity index (χ0v) is 16.7. The molecule has 2 aromatic carbocycles. The van der Waals surface area contributed by atoms with Gasteiger partial charge in [-0.1, -0.05) is 17.7 Å². The van der Waals surface area contributed by atoms with E-state index in [0.717, 1.165) is 36.1 Å². The van der Waals surface area contributed by atoms with Gasteiger partial charge in [0.2, 0.25) is 5.91 Å². The predicted octanol–water partition coefficient (Wildman–Crippen LogP) is 2.67. The summed E-state index contributed by atoms with van der Waals surface area (Å²) < 4.78 is 13.2. The first-order valence-electron chi connectivity index (χ1n) is 9.04. The zero-order chi connectivity index (χ0) is 19.7. The Morgan fingerprint density at radius 2 is 2.00 bits per heavy atom. The summed E-state index contributed by atoms with van der Waals surface area (Å²) in [5, 5.41) is 10.2. The molecule has 1 unspecified atom stereocenters. The molecule has 1 fully saturated rings. The molecule has 8 heteroatoms. The fourth-order valence-electron chi connectivity index (χ4n) is 3.63. The molecule has 2 heterocycles. The predicted molar refractivity (Wildman–Crippen MR) is 113 cm³/mol. The number of halogens is 1. The number of hydrogen-bond donors (Lipinski definition) is 2. The summed E-state index contributed by atoms with van der Waals surface area (Å²) >= 11 is 6.08. The number of rotatable bonds is 5. The second kappa shape index (κ2) is 7.95. The van der Waals surface area contributed by atoms with E-state index in [4.69, 9.17) is 16.7 Å². The van der Waals surface area contributed by atoms with E-state index in [-0.39, 0.29) is 18.5 Å². The summed E-state index contributed by atoms with van der Waals surface area (Å²) in [5.41, 5.74) is 1.99. The van der Waals surface area contributed by atoms with Gasteiger partial charge >= 0.3 is 0 Å². The molecular weight excluding hydrogens is 396 g/mol. The molecule has 2 atom stereocenters. The number of fused-ring (bicyclic) bond motifs is 1. The Hall–Kier alpha value is -2.35. The molecule has 1 aromatic heterocycles. The van der Waals surface area contributed by atoms with Gasteiger partial charge in [-0.05, 0) is 54.3 Å². The Kier molecular flexibility index (Phi) is 5.39. The molecule has 0 radical (unpaired) electrons. The standard InChI is InChI=1S/C20H21ClN4O2S/c21-15-2-1-14-7-9-25(19(14)11-15)13-20(26)23-16-8-10-24(12-16)17-3-5-18(6-4-17)28(22)27/h1-7,9,11,16H,8,10,12-13,22H2,(H,23,26)/t16-,28?/m0/s1. The van der Waals surface area contributed by atoms with Gasteiger partial charge in [0.15, 0.2) is 0 Å². The van der Waals surface area contributed by atoms with Crippen molar-refractivity contribution >= 4 is 45.1 Å². The molecule has 0 saturated carbocycles. The molecule has 1 amide bonds. The normalized spacial score (nSPS) is 17.8. The van der Waals surface area contributed by atoms with Crippen LogP contribution in [0.3, 0.4) is 0 Å². The molecule has 1 aliphatic heterocycles. The van der Waals surface area contributed by atoms with Crippen LogP contribution in [0.25, 0.3) is 10.9 Å². The molecule has 1 aliphatic rings. The summed E-state index contributed by atoms with van der Waals surface area (Å²) in [6, 6.07) is 15.1. The largest absolute Gasteiger partial charge is 0.369 e. The average Bonchev–Trinajstić information content (AvgIpc) is 3.29. The number of nitrogens with one attached hydrogen (secondary N) is 1. The third kappa shape index (κ3) is 4.06. The highest BCUT2D eigenvalue weighted by Gasteiger charge is 2.24. The van der Waals surface area contributed by atoms with Crippen LogP contribution in [0, 0.1) is 0 Å². The number of amides is 1. The third-order valence-electron chi connectivity index (χ3n) is 5.04. The van der Waals surface area contributed by atoms with Gasteiger partial charge in [-0.15, -0.1) is 0 Å². The lowest BCUT2D eigenvalue weighted by atomic mass is 10.2. The zero-order valence-electron chi connectivity index (χ0n) is 15.2. The number of hydrogen-bond acceptors (Lipinski definition) is 3. The first kappa shape index (κ1) is 19.0. The van der Waals surface area contributed by atoms with Gasteiger partial charge in [0.05, 0.1) is 4.90 Å². The van der Waals surface area contributed by atoms with Crippen molar-refractivity contribution in [1.82, 2.24) is 9.88 Å². The van der Waals surface area contributed by atoms with Gasteiger partial charge in [0.25, 0.3) is 0 Å². The number of anilines is 1. The van der Waals surface area contributed by atoms with E-state index in [1.807, 2.05) is 47.2 Å². The smallest absolute Gasteiger partial charge is 0.240 e. The summed E-state index contributed by atoms with van der Waals surface area (Å²) in [6.07, 6.45) is 2.79. The molecule has 3 N–H and O–H groups in total. The lowest BCUT2D eigenvalue weighted by molar-refractivity contribution is -0.122. The highest BCUT2D eigenvalue weighted by Crippen LogP contribution is 2.22. The maximum Gasteiger partial charge on any atom is 0.240 e. The SMILES string of the molecule is NS(=O)c1ccc(N2CC[C@H](NC(=O)Cn3ccc4ccc(Cl)cc43)C2)cc1. The fraction of sp³-hybridized carbons (Fsp3) is 0.250. The number of aromatic nitrogens is 1. The lowest BCUT2D eigenvalue weighted by Gasteiger charge is -2.19. The van der Waals surface area contributed by atoms with Crippen LogP contribution in [0.15, 0.2) is 59.6 Å². The minimum Gasteiger partial charge on any atom is -0.369 e. The van der Waals surface area contributed by atoms with Gasteiger partial charge < -0.3 is 14.8 Å². The maximum absolute atomic E-state index is 12.5. The number of nitrogens with zero attached hydrogens (tertiary/aromatic N) is 2. The number of carbonyl (C=O) groups is 1. The van der Waals surface area contributed by atoms with Crippen molar-refractivity contribution in [2.24, 2.45) is 5.14 Å². The third-order valence-corrected chi connectivity index (χ3v) is 6.01. The molecule has 0 spiro atoms. The molecule has 1 saturated heterocycles. The highest BCUT2D eigenvalue weighted by atomic mass is 35.5. The van der Waals surface area contributed by atoms with E-state index in [1.165, 1.54) is 0 Å².